The topological polar surface area (TPSA) is 125 Å². The van der Waals surface area contributed by atoms with E-state index in [4.69, 9.17) is 15.3 Å². The minimum atomic E-state index is -0.512. The number of amidine groups is 1. The molecule has 0 saturated carbocycles. The zero-order chi connectivity index (χ0) is 17.5. The molecule has 9 heteroatoms. The van der Waals surface area contributed by atoms with Gasteiger partial charge < -0.3 is 10.5 Å². The Morgan fingerprint density at radius 2 is 2.17 bits per heavy atom. The van der Waals surface area contributed by atoms with Gasteiger partial charge in [-0.25, -0.2) is 19.9 Å². The SMILES string of the molecule is CCOC(=O)CONC(=Nc1cc(C)ccc1C)c1nonc1N. The van der Waals surface area contributed by atoms with Crippen molar-refractivity contribution >= 4 is 23.3 Å². The molecule has 0 aliphatic heterocycles. The van der Waals surface area contributed by atoms with Gasteiger partial charge in [0.25, 0.3) is 0 Å². The quantitative estimate of drug-likeness (QED) is 0.352. The van der Waals surface area contributed by atoms with Crippen LogP contribution in [0.4, 0.5) is 11.5 Å². The maximum Gasteiger partial charge on any atom is 0.334 e. The monoisotopic (exact) mass is 333 g/mol. The largest absolute Gasteiger partial charge is 0.464 e. The van der Waals surface area contributed by atoms with Gasteiger partial charge in [0.15, 0.2) is 24.0 Å². The number of hydrogen-bond acceptors (Lipinski definition) is 8. The van der Waals surface area contributed by atoms with Crippen LogP contribution in [0, 0.1) is 13.8 Å². The van der Waals surface area contributed by atoms with Crippen LogP contribution in [0.1, 0.15) is 23.7 Å². The average Bonchev–Trinajstić information content (AvgIpc) is 2.96. The molecule has 0 spiro atoms. The fraction of sp³-hybridized carbons (Fsp3) is 0.333. The van der Waals surface area contributed by atoms with E-state index in [0.717, 1.165) is 11.1 Å². The minimum Gasteiger partial charge on any atom is -0.464 e. The first kappa shape index (κ1) is 17.4. The second-order valence-corrected chi connectivity index (χ2v) is 4.94. The number of aromatic nitrogens is 2. The predicted molar refractivity (Wildman–Crippen MR) is 86.5 cm³/mol. The number of nitrogens with one attached hydrogen (secondary N) is 1. The number of aryl methyl sites for hydroxylation is 2. The van der Waals surface area contributed by atoms with Gasteiger partial charge in [-0.1, -0.05) is 12.1 Å². The summed E-state index contributed by atoms with van der Waals surface area (Å²) < 4.78 is 9.37. The summed E-state index contributed by atoms with van der Waals surface area (Å²) in [5.74, 6) is -0.291. The van der Waals surface area contributed by atoms with Crippen molar-refractivity contribution in [3.63, 3.8) is 0 Å². The number of benzene rings is 1. The molecule has 0 amide bonds. The molecule has 0 fully saturated rings. The van der Waals surface area contributed by atoms with E-state index < -0.39 is 5.97 Å². The van der Waals surface area contributed by atoms with E-state index in [0.29, 0.717) is 5.69 Å². The van der Waals surface area contributed by atoms with E-state index in [1.54, 1.807) is 6.92 Å². The number of rotatable bonds is 6. The maximum atomic E-state index is 11.3. The highest BCUT2D eigenvalue weighted by molar-refractivity contribution is 6.01. The third-order valence-corrected chi connectivity index (χ3v) is 3.00. The van der Waals surface area contributed by atoms with Gasteiger partial charge in [-0.3, -0.25) is 4.84 Å². The highest BCUT2D eigenvalue weighted by Gasteiger charge is 2.16. The van der Waals surface area contributed by atoms with Crippen molar-refractivity contribution in [3.8, 4) is 0 Å². The number of carbonyl (C=O) groups is 1. The highest BCUT2D eigenvalue weighted by Crippen LogP contribution is 2.21. The summed E-state index contributed by atoms with van der Waals surface area (Å²) in [5.41, 5.74) is 11.1. The summed E-state index contributed by atoms with van der Waals surface area (Å²) in [6.07, 6.45) is 0. The van der Waals surface area contributed by atoms with Gasteiger partial charge in [0.05, 0.1) is 12.3 Å². The molecule has 1 heterocycles. The molecule has 0 aliphatic carbocycles. The van der Waals surface area contributed by atoms with Gasteiger partial charge >= 0.3 is 5.97 Å². The fourth-order valence-corrected chi connectivity index (χ4v) is 1.81. The molecular formula is C15H19N5O4. The van der Waals surface area contributed by atoms with Crippen molar-refractivity contribution < 1.29 is 19.0 Å². The van der Waals surface area contributed by atoms with Gasteiger partial charge in [-0.15, -0.1) is 0 Å². The van der Waals surface area contributed by atoms with Crippen LogP contribution in [-0.2, 0) is 14.4 Å². The lowest BCUT2D eigenvalue weighted by molar-refractivity contribution is -0.149. The number of carbonyl (C=O) groups excluding carboxylic acids is 1. The summed E-state index contributed by atoms with van der Waals surface area (Å²) in [6, 6.07) is 5.81. The zero-order valence-corrected chi connectivity index (χ0v) is 13.7. The molecule has 0 unspecified atom stereocenters. The smallest absolute Gasteiger partial charge is 0.334 e. The van der Waals surface area contributed by atoms with E-state index in [1.807, 2.05) is 32.0 Å². The molecule has 2 aromatic rings. The Labute approximate surface area is 138 Å². The number of nitrogen functional groups attached to an aromatic ring is 1. The summed E-state index contributed by atoms with van der Waals surface area (Å²) in [4.78, 5) is 20.9. The van der Waals surface area contributed by atoms with Crippen LogP contribution in [0.2, 0.25) is 0 Å². The number of ether oxygens (including phenoxy) is 1. The third kappa shape index (κ3) is 4.53. The third-order valence-electron chi connectivity index (χ3n) is 3.00. The molecule has 128 valence electrons. The van der Waals surface area contributed by atoms with E-state index in [-0.39, 0.29) is 30.6 Å². The van der Waals surface area contributed by atoms with Crippen molar-refractivity contribution in [1.29, 1.82) is 0 Å². The summed E-state index contributed by atoms with van der Waals surface area (Å²) in [7, 11) is 0. The van der Waals surface area contributed by atoms with E-state index in [9.17, 15) is 4.79 Å². The number of hydrogen-bond donors (Lipinski definition) is 2. The van der Waals surface area contributed by atoms with Gasteiger partial charge in [0, 0.05) is 0 Å². The lowest BCUT2D eigenvalue weighted by atomic mass is 10.1. The average molecular weight is 333 g/mol. The fourth-order valence-electron chi connectivity index (χ4n) is 1.81. The Kier molecular flexibility index (Phi) is 5.85. The molecular weight excluding hydrogens is 314 g/mol. The number of esters is 1. The van der Waals surface area contributed by atoms with E-state index in [2.05, 4.69) is 25.4 Å². The maximum absolute atomic E-state index is 11.3. The lowest BCUT2D eigenvalue weighted by Gasteiger charge is -2.09. The van der Waals surface area contributed by atoms with Gasteiger partial charge in [0.1, 0.15) is 0 Å². The second-order valence-electron chi connectivity index (χ2n) is 4.94. The molecule has 0 bridgehead atoms. The van der Waals surface area contributed by atoms with Crippen LogP contribution in [-0.4, -0.2) is 35.3 Å². The number of hydroxylamine groups is 1. The first-order valence-electron chi connectivity index (χ1n) is 7.29. The number of nitrogens with zero attached hydrogens (tertiary/aromatic N) is 3. The molecule has 24 heavy (non-hydrogen) atoms. The summed E-state index contributed by atoms with van der Waals surface area (Å²) in [5, 5.41) is 7.21. The summed E-state index contributed by atoms with van der Waals surface area (Å²) >= 11 is 0. The van der Waals surface area contributed by atoms with Crippen LogP contribution in [0.3, 0.4) is 0 Å². The van der Waals surface area contributed by atoms with Crippen molar-refractivity contribution in [3.05, 3.63) is 35.0 Å². The molecule has 1 aromatic carbocycles. The molecule has 0 radical (unpaired) electrons. The first-order valence-corrected chi connectivity index (χ1v) is 7.29. The minimum absolute atomic E-state index is 0.0475. The van der Waals surface area contributed by atoms with Gasteiger partial charge in [0.2, 0.25) is 0 Å². The van der Waals surface area contributed by atoms with Crippen molar-refractivity contribution in [2.45, 2.75) is 20.8 Å². The normalized spacial score (nSPS) is 11.4. The van der Waals surface area contributed by atoms with Crippen LogP contribution >= 0.6 is 0 Å². The number of aliphatic imine (C=N–C) groups is 1. The lowest BCUT2D eigenvalue weighted by Crippen LogP contribution is -2.29. The molecule has 1 aromatic heterocycles. The van der Waals surface area contributed by atoms with E-state index in [1.165, 1.54) is 0 Å². The number of nitrogens with two attached hydrogens (primary N) is 1. The molecule has 0 saturated heterocycles. The van der Waals surface area contributed by atoms with Gasteiger partial charge in [-0.2, -0.15) is 0 Å². The van der Waals surface area contributed by atoms with E-state index >= 15 is 0 Å². The second kappa shape index (κ2) is 8.06. The molecule has 2 rings (SSSR count). The van der Waals surface area contributed by atoms with Crippen molar-refractivity contribution in [2.24, 2.45) is 4.99 Å². The van der Waals surface area contributed by atoms with Gasteiger partial charge in [-0.05, 0) is 48.3 Å². The Balaban J connectivity index is 2.23. The highest BCUT2D eigenvalue weighted by atomic mass is 16.7. The van der Waals surface area contributed by atoms with Crippen LogP contribution in [0.25, 0.3) is 0 Å². The van der Waals surface area contributed by atoms with Crippen molar-refractivity contribution in [2.75, 3.05) is 18.9 Å². The number of anilines is 1. The molecule has 3 N–H and O–H groups in total. The molecule has 9 nitrogen and oxygen atoms in total. The Morgan fingerprint density at radius 3 is 2.83 bits per heavy atom. The molecule has 0 aliphatic rings. The summed E-state index contributed by atoms with van der Waals surface area (Å²) in [6.45, 7) is 5.55. The predicted octanol–water partition coefficient (Wildman–Crippen LogP) is 1.43. The van der Waals surface area contributed by atoms with Crippen LogP contribution in [0.15, 0.2) is 27.8 Å². The molecule has 0 atom stereocenters. The Hall–Kier alpha value is -2.94. The Morgan fingerprint density at radius 1 is 1.38 bits per heavy atom. The van der Waals surface area contributed by atoms with Crippen molar-refractivity contribution in [1.82, 2.24) is 15.8 Å². The zero-order valence-electron chi connectivity index (χ0n) is 13.7. The van der Waals surface area contributed by atoms with Crippen LogP contribution < -0.4 is 11.2 Å². The first-order chi connectivity index (χ1) is 11.5. The standard InChI is InChI=1S/C15H19N5O4/c1-4-22-12(21)8-23-20-15(13-14(16)19-24-18-13)17-11-7-9(2)5-6-10(11)3/h5-7H,4,8H2,1-3H3,(H2,16,19)(H,17,20). The van der Waals surface area contributed by atoms with Crippen LogP contribution in [0.5, 0.6) is 0 Å². The Bertz CT molecular complexity index is 741.